The van der Waals surface area contributed by atoms with Gasteiger partial charge in [0.25, 0.3) is 0 Å². The Morgan fingerprint density at radius 1 is 1.30 bits per heavy atom. The van der Waals surface area contributed by atoms with Crippen molar-refractivity contribution >= 4 is 11.8 Å². The lowest BCUT2D eigenvalue weighted by molar-refractivity contribution is 0.0581. The van der Waals surface area contributed by atoms with E-state index in [1.807, 2.05) is 39.8 Å². The molecule has 0 fully saturated rings. The molecule has 0 unspecified atom stereocenters. The number of anilines is 1. The number of ether oxygens (including phenoxy) is 2. The van der Waals surface area contributed by atoms with Gasteiger partial charge in [-0.25, -0.2) is 4.79 Å². The van der Waals surface area contributed by atoms with Gasteiger partial charge in [0.1, 0.15) is 18.0 Å². The Balaban J connectivity index is 2.97. The van der Waals surface area contributed by atoms with Crippen LogP contribution in [0.2, 0.25) is 0 Å². The third-order valence-electron chi connectivity index (χ3n) is 2.44. The largest absolute Gasteiger partial charge is 0.489 e. The molecule has 0 saturated carbocycles. The molecule has 1 N–H and O–H groups in total. The zero-order valence-electron chi connectivity index (χ0n) is 12.5. The highest BCUT2D eigenvalue weighted by Crippen LogP contribution is 2.29. The number of aliphatic hydroxyl groups is 1. The SMILES string of the molecule is CCN(C(=O)OC(C)(C)C)c1ccccc1OCCO. The highest BCUT2D eigenvalue weighted by molar-refractivity contribution is 5.89. The van der Waals surface area contributed by atoms with E-state index in [1.165, 1.54) is 4.90 Å². The topological polar surface area (TPSA) is 59.0 Å². The van der Waals surface area contributed by atoms with E-state index in [0.717, 1.165) is 0 Å². The summed E-state index contributed by atoms with van der Waals surface area (Å²) in [4.78, 5) is 13.7. The maximum atomic E-state index is 12.2. The van der Waals surface area contributed by atoms with E-state index in [1.54, 1.807) is 12.1 Å². The van der Waals surface area contributed by atoms with Gasteiger partial charge in [0.05, 0.1) is 12.3 Å². The van der Waals surface area contributed by atoms with E-state index in [4.69, 9.17) is 14.6 Å². The van der Waals surface area contributed by atoms with Crippen LogP contribution >= 0.6 is 0 Å². The van der Waals surface area contributed by atoms with Gasteiger partial charge in [0, 0.05) is 6.54 Å². The number of amides is 1. The van der Waals surface area contributed by atoms with Crippen LogP contribution in [0.15, 0.2) is 24.3 Å². The molecular formula is C15H23NO4. The number of carbonyl (C=O) groups is 1. The summed E-state index contributed by atoms with van der Waals surface area (Å²) in [5.41, 5.74) is 0.0866. The van der Waals surface area contributed by atoms with Gasteiger partial charge in [-0.05, 0) is 39.8 Å². The summed E-state index contributed by atoms with van der Waals surface area (Å²) < 4.78 is 10.8. The van der Waals surface area contributed by atoms with Crippen LogP contribution in [0.3, 0.4) is 0 Å². The first kappa shape index (κ1) is 16.3. The molecular weight excluding hydrogens is 258 g/mol. The number of nitrogens with zero attached hydrogens (tertiary/aromatic N) is 1. The van der Waals surface area contributed by atoms with Gasteiger partial charge in [0.2, 0.25) is 0 Å². The summed E-state index contributed by atoms with van der Waals surface area (Å²) in [6.07, 6.45) is -0.417. The van der Waals surface area contributed by atoms with Crippen LogP contribution in [0.4, 0.5) is 10.5 Å². The van der Waals surface area contributed by atoms with Crippen molar-refractivity contribution in [2.24, 2.45) is 0 Å². The molecule has 1 aromatic rings. The number of hydrogen-bond acceptors (Lipinski definition) is 4. The van der Waals surface area contributed by atoms with Crippen molar-refractivity contribution in [2.75, 3.05) is 24.7 Å². The van der Waals surface area contributed by atoms with Gasteiger partial charge in [-0.15, -0.1) is 0 Å². The summed E-state index contributed by atoms with van der Waals surface area (Å²) in [7, 11) is 0. The maximum Gasteiger partial charge on any atom is 0.414 e. The van der Waals surface area contributed by atoms with Crippen molar-refractivity contribution in [1.29, 1.82) is 0 Å². The molecule has 1 amide bonds. The second kappa shape index (κ2) is 7.14. The second-order valence-corrected chi connectivity index (χ2v) is 5.26. The van der Waals surface area contributed by atoms with E-state index in [-0.39, 0.29) is 13.2 Å². The fraction of sp³-hybridized carbons (Fsp3) is 0.533. The number of benzene rings is 1. The van der Waals surface area contributed by atoms with E-state index in [0.29, 0.717) is 18.0 Å². The van der Waals surface area contributed by atoms with Crippen molar-refractivity contribution in [3.05, 3.63) is 24.3 Å². The first-order valence-electron chi connectivity index (χ1n) is 6.72. The molecule has 112 valence electrons. The summed E-state index contributed by atoms with van der Waals surface area (Å²) in [5.74, 6) is 0.550. The van der Waals surface area contributed by atoms with Crippen LogP contribution < -0.4 is 9.64 Å². The molecule has 0 radical (unpaired) electrons. The van der Waals surface area contributed by atoms with Gasteiger partial charge in [-0.3, -0.25) is 4.90 Å². The fourth-order valence-corrected chi connectivity index (χ4v) is 1.67. The summed E-state index contributed by atoms with van der Waals surface area (Å²) in [6, 6.07) is 7.20. The smallest absolute Gasteiger partial charge is 0.414 e. The molecule has 5 nitrogen and oxygen atoms in total. The number of carbonyl (C=O) groups excluding carboxylic acids is 1. The highest BCUT2D eigenvalue weighted by atomic mass is 16.6. The third-order valence-corrected chi connectivity index (χ3v) is 2.44. The molecule has 1 aromatic carbocycles. The Morgan fingerprint density at radius 2 is 1.95 bits per heavy atom. The van der Waals surface area contributed by atoms with Crippen LogP contribution in [-0.2, 0) is 4.74 Å². The fourth-order valence-electron chi connectivity index (χ4n) is 1.67. The zero-order chi connectivity index (χ0) is 15.2. The predicted octanol–water partition coefficient (Wildman–Crippen LogP) is 2.82. The molecule has 0 saturated heterocycles. The molecule has 0 aromatic heterocycles. The van der Waals surface area contributed by atoms with E-state index in [9.17, 15) is 4.79 Å². The number of rotatable bonds is 5. The molecule has 0 aliphatic rings. The van der Waals surface area contributed by atoms with Crippen LogP contribution in [0.25, 0.3) is 0 Å². The molecule has 1 rings (SSSR count). The first-order valence-corrected chi connectivity index (χ1v) is 6.72. The van der Waals surface area contributed by atoms with Crippen molar-refractivity contribution in [1.82, 2.24) is 0 Å². The van der Waals surface area contributed by atoms with Crippen molar-refractivity contribution in [2.45, 2.75) is 33.3 Å². The Hall–Kier alpha value is -1.75. The maximum absolute atomic E-state index is 12.2. The van der Waals surface area contributed by atoms with Gasteiger partial charge in [-0.2, -0.15) is 0 Å². The molecule has 0 atom stereocenters. The zero-order valence-corrected chi connectivity index (χ0v) is 12.5. The molecule has 0 spiro atoms. The van der Waals surface area contributed by atoms with Gasteiger partial charge in [0.15, 0.2) is 0 Å². The van der Waals surface area contributed by atoms with Crippen LogP contribution in [0.1, 0.15) is 27.7 Å². The molecule has 0 bridgehead atoms. The summed E-state index contributed by atoms with van der Waals surface area (Å²) in [5, 5.41) is 8.85. The summed E-state index contributed by atoms with van der Waals surface area (Å²) >= 11 is 0. The minimum atomic E-state index is -0.550. The monoisotopic (exact) mass is 281 g/mol. The summed E-state index contributed by atoms with van der Waals surface area (Å²) in [6.45, 7) is 7.92. The van der Waals surface area contributed by atoms with Gasteiger partial charge in [-0.1, -0.05) is 12.1 Å². The Labute approximate surface area is 120 Å². The molecule has 0 aliphatic carbocycles. The number of hydrogen-bond donors (Lipinski definition) is 1. The lowest BCUT2D eigenvalue weighted by Crippen LogP contribution is -2.37. The predicted molar refractivity (Wildman–Crippen MR) is 78.3 cm³/mol. The lowest BCUT2D eigenvalue weighted by atomic mass is 10.2. The second-order valence-electron chi connectivity index (χ2n) is 5.26. The van der Waals surface area contributed by atoms with Crippen molar-refractivity contribution in [3.63, 3.8) is 0 Å². The number of para-hydroxylation sites is 2. The molecule has 0 heterocycles. The minimum absolute atomic E-state index is 0.0765. The Bertz CT molecular complexity index is 440. The Kier molecular flexibility index (Phi) is 5.82. The highest BCUT2D eigenvalue weighted by Gasteiger charge is 2.24. The van der Waals surface area contributed by atoms with Crippen molar-refractivity contribution < 1.29 is 19.4 Å². The van der Waals surface area contributed by atoms with Gasteiger partial charge >= 0.3 is 6.09 Å². The average molecular weight is 281 g/mol. The van der Waals surface area contributed by atoms with E-state index >= 15 is 0 Å². The quantitative estimate of drug-likeness (QED) is 0.901. The Morgan fingerprint density at radius 3 is 2.50 bits per heavy atom. The van der Waals surface area contributed by atoms with Crippen LogP contribution in [0.5, 0.6) is 5.75 Å². The normalized spacial score (nSPS) is 11.1. The van der Waals surface area contributed by atoms with Crippen LogP contribution in [-0.4, -0.2) is 36.6 Å². The van der Waals surface area contributed by atoms with Gasteiger partial charge < -0.3 is 14.6 Å². The molecule has 0 aliphatic heterocycles. The standard InChI is InChI=1S/C15H23NO4/c1-5-16(14(18)20-15(2,3)4)12-8-6-7-9-13(12)19-11-10-17/h6-9,17H,5,10-11H2,1-4H3. The van der Waals surface area contributed by atoms with Crippen LogP contribution in [0, 0.1) is 0 Å². The first-order chi connectivity index (χ1) is 9.39. The molecule has 5 heteroatoms. The lowest BCUT2D eigenvalue weighted by Gasteiger charge is -2.27. The van der Waals surface area contributed by atoms with E-state index < -0.39 is 11.7 Å². The molecule has 20 heavy (non-hydrogen) atoms. The number of aliphatic hydroxyl groups excluding tert-OH is 1. The van der Waals surface area contributed by atoms with E-state index in [2.05, 4.69) is 0 Å². The minimum Gasteiger partial charge on any atom is -0.489 e. The third kappa shape index (κ3) is 4.74. The van der Waals surface area contributed by atoms with Crippen molar-refractivity contribution in [3.8, 4) is 5.75 Å². The average Bonchev–Trinajstić information content (AvgIpc) is 2.36.